The third-order valence-electron chi connectivity index (χ3n) is 8.26. The molecule has 4 amide bonds. The van der Waals surface area contributed by atoms with Crippen molar-refractivity contribution in [3.8, 4) is 0 Å². The van der Waals surface area contributed by atoms with Crippen LogP contribution in [0.15, 0.2) is 42.0 Å². The Hall–Kier alpha value is -3.24. The van der Waals surface area contributed by atoms with Gasteiger partial charge in [0.2, 0.25) is 24.1 Å². The lowest BCUT2D eigenvalue weighted by Gasteiger charge is -2.30. The molecule has 0 aromatic heterocycles. The zero-order valence-corrected chi connectivity index (χ0v) is 30.5. The van der Waals surface area contributed by atoms with Crippen LogP contribution in [0.3, 0.4) is 0 Å². The smallest absolute Gasteiger partial charge is 0.249 e. The van der Waals surface area contributed by atoms with Crippen LogP contribution >= 0.6 is 0 Å². The SMILES string of the molecule is C/C(=C\C(C(C)C)N(C)C(=O)CNC=O)C(=O)N1CCC[C@H]1C(=O)NC(CO)c1ccccc1.CC(C)C.CC(C)N1CCCCC1. The number of piperidine rings is 1. The average Bonchev–Trinajstić information content (AvgIpc) is 3.55. The van der Waals surface area contributed by atoms with Crippen molar-refractivity contribution < 1.29 is 24.3 Å². The molecule has 266 valence electrons. The second kappa shape index (κ2) is 22.4. The number of hydrogen-bond acceptors (Lipinski definition) is 6. The minimum atomic E-state index is -0.623. The number of amides is 4. The lowest BCUT2D eigenvalue weighted by atomic mass is 9.99. The third-order valence-corrected chi connectivity index (χ3v) is 8.26. The molecule has 47 heavy (non-hydrogen) atoms. The Kier molecular flexibility index (Phi) is 19.9. The molecule has 0 aliphatic carbocycles. The predicted molar refractivity (Wildman–Crippen MR) is 189 cm³/mol. The molecule has 2 unspecified atom stereocenters. The second-order valence-electron chi connectivity index (χ2n) is 13.8. The van der Waals surface area contributed by atoms with E-state index in [0.717, 1.165) is 17.5 Å². The van der Waals surface area contributed by atoms with Gasteiger partial charge in [-0.15, -0.1) is 0 Å². The fraction of sp³-hybridized carbons (Fsp3) is 0.676. The standard InChI is InChI=1S/C25H36N4O5.C8H17N.C4H10/c1-17(2)22(28(4)23(32)14-26-16-31)13-18(3)25(34)29-12-8-11-21(29)24(33)27-20(15-30)19-9-6-5-7-10-19;1-8(2)9-6-4-3-5-7-9;1-4(2)3/h5-7,9-10,13,16-17,20-22,30H,8,11-12,14-15H2,1-4H3,(H,26,31)(H,27,33);8H,3-7H2,1-2H3;4H,1-3H3/b18-13+;;/t20?,21-,22?;;/m0../s1. The molecule has 1 aromatic rings. The van der Waals surface area contributed by atoms with Gasteiger partial charge in [0.05, 0.1) is 25.2 Å². The molecule has 10 heteroatoms. The molecule has 0 radical (unpaired) electrons. The van der Waals surface area contributed by atoms with Crippen LogP contribution in [0.5, 0.6) is 0 Å². The van der Waals surface area contributed by atoms with Gasteiger partial charge in [-0.1, -0.05) is 77.4 Å². The van der Waals surface area contributed by atoms with Crippen LogP contribution in [0.1, 0.15) is 99.1 Å². The van der Waals surface area contributed by atoms with Gasteiger partial charge in [0.15, 0.2) is 0 Å². The van der Waals surface area contributed by atoms with Gasteiger partial charge in [-0.25, -0.2) is 0 Å². The first-order valence-electron chi connectivity index (χ1n) is 17.4. The fourth-order valence-electron chi connectivity index (χ4n) is 5.63. The van der Waals surface area contributed by atoms with Crippen LogP contribution in [0.2, 0.25) is 0 Å². The van der Waals surface area contributed by atoms with Crippen LogP contribution in [-0.4, -0.2) is 102 Å². The predicted octanol–water partition coefficient (Wildman–Crippen LogP) is 4.55. The summed E-state index contributed by atoms with van der Waals surface area (Å²) in [5.74, 6) is 0.0445. The van der Waals surface area contributed by atoms with Crippen LogP contribution in [0.4, 0.5) is 0 Å². The molecule has 0 saturated carbocycles. The van der Waals surface area contributed by atoms with E-state index in [-0.39, 0.29) is 42.8 Å². The number of aliphatic hydroxyl groups is 1. The summed E-state index contributed by atoms with van der Waals surface area (Å²) in [7, 11) is 1.64. The molecule has 0 spiro atoms. The first kappa shape index (κ1) is 41.8. The van der Waals surface area contributed by atoms with E-state index in [4.69, 9.17) is 0 Å². The lowest BCUT2D eigenvalue weighted by molar-refractivity contribution is -0.136. The van der Waals surface area contributed by atoms with Gasteiger partial charge in [0, 0.05) is 25.2 Å². The Morgan fingerprint density at radius 2 is 1.55 bits per heavy atom. The van der Waals surface area contributed by atoms with Gasteiger partial charge in [-0.2, -0.15) is 0 Å². The topological polar surface area (TPSA) is 122 Å². The van der Waals surface area contributed by atoms with Gasteiger partial charge in [0.1, 0.15) is 6.04 Å². The number of benzene rings is 1. The monoisotopic (exact) mass is 657 g/mol. The van der Waals surface area contributed by atoms with E-state index >= 15 is 0 Å². The zero-order chi connectivity index (χ0) is 35.5. The highest BCUT2D eigenvalue weighted by Gasteiger charge is 2.36. The molecule has 3 rings (SSSR count). The molecular weight excluding hydrogens is 594 g/mol. The van der Waals surface area contributed by atoms with E-state index in [1.807, 2.05) is 44.2 Å². The first-order valence-corrected chi connectivity index (χ1v) is 17.4. The highest BCUT2D eigenvalue weighted by atomic mass is 16.3. The summed E-state index contributed by atoms with van der Waals surface area (Å²) in [6.45, 7) is 19.4. The van der Waals surface area contributed by atoms with Crippen molar-refractivity contribution in [1.82, 2.24) is 25.3 Å². The quantitative estimate of drug-likeness (QED) is 0.224. The van der Waals surface area contributed by atoms with Gasteiger partial charge < -0.3 is 30.4 Å². The van der Waals surface area contributed by atoms with Crippen molar-refractivity contribution in [2.24, 2.45) is 11.8 Å². The van der Waals surface area contributed by atoms with Gasteiger partial charge in [-0.05, 0) is 76.9 Å². The number of likely N-dealkylation sites (tertiary alicyclic amines) is 2. The number of carbonyl (C=O) groups is 4. The molecule has 2 heterocycles. The Morgan fingerprint density at radius 1 is 0.957 bits per heavy atom. The highest BCUT2D eigenvalue weighted by Crippen LogP contribution is 2.23. The fourth-order valence-corrected chi connectivity index (χ4v) is 5.63. The number of carbonyl (C=O) groups excluding carboxylic acids is 4. The Bertz CT molecular complexity index is 1100. The molecule has 2 fully saturated rings. The van der Waals surface area contributed by atoms with Crippen LogP contribution in [0, 0.1) is 11.8 Å². The molecular formula is C37H63N5O5. The highest BCUT2D eigenvalue weighted by molar-refractivity contribution is 5.97. The normalized spacial score (nSPS) is 18.0. The van der Waals surface area contributed by atoms with Crippen molar-refractivity contribution in [1.29, 1.82) is 0 Å². The average molecular weight is 658 g/mol. The summed E-state index contributed by atoms with van der Waals surface area (Å²) < 4.78 is 0. The number of likely N-dealkylation sites (N-methyl/N-ethyl adjacent to an activating group) is 1. The molecule has 2 saturated heterocycles. The molecule has 3 atom stereocenters. The van der Waals surface area contributed by atoms with Crippen LogP contribution in [0.25, 0.3) is 0 Å². The molecule has 0 bridgehead atoms. The van der Waals surface area contributed by atoms with E-state index in [0.29, 0.717) is 31.4 Å². The molecule has 3 N–H and O–H groups in total. The summed E-state index contributed by atoms with van der Waals surface area (Å²) in [4.78, 5) is 54.8. The largest absolute Gasteiger partial charge is 0.394 e. The number of hydrogen-bond donors (Lipinski definition) is 3. The summed E-state index contributed by atoms with van der Waals surface area (Å²) in [5.41, 5.74) is 1.24. The Balaban J connectivity index is 0.000000705. The minimum Gasteiger partial charge on any atom is -0.394 e. The van der Waals surface area contributed by atoms with E-state index in [1.54, 1.807) is 24.9 Å². The maximum atomic E-state index is 13.3. The third kappa shape index (κ3) is 15.0. The van der Waals surface area contributed by atoms with E-state index < -0.39 is 12.1 Å². The molecule has 2 aliphatic rings. The van der Waals surface area contributed by atoms with Gasteiger partial charge >= 0.3 is 0 Å². The van der Waals surface area contributed by atoms with Crippen molar-refractivity contribution >= 4 is 24.1 Å². The zero-order valence-electron chi connectivity index (χ0n) is 30.5. The maximum absolute atomic E-state index is 13.3. The van der Waals surface area contributed by atoms with Gasteiger partial charge in [-0.3, -0.25) is 19.2 Å². The summed E-state index contributed by atoms with van der Waals surface area (Å²) in [6, 6.07) is 8.45. The molecule has 1 aromatic carbocycles. The lowest BCUT2D eigenvalue weighted by Crippen LogP contribution is -2.48. The van der Waals surface area contributed by atoms with Crippen LogP contribution in [-0.2, 0) is 19.2 Å². The summed E-state index contributed by atoms with van der Waals surface area (Å²) in [5, 5.41) is 15.0. The van der Waals surface area contributed by atoms with E-state index in [9.17, 15) is 24.3 Å². The van der Waals surface area contributed by atoms with E-state index in [2.05, 4.69) is 50.2 Å². The summed E-state index contributed by atoms with van der Waals surface area (Å²) >= 11 is 0. The maximum Gasteiger partial charge on any atom is 0.249 e. The van der Waals surface area contributed by atoms with Crippen molar-refractivity contribution in [2.75, 3.05) is 39.8 Å². The van der Waals surface area contributed by atoms with Crippen molar-refractivity contribution in [2.45, 2.75) is 112 Å². The summed E-state index contributed by atoms with van der Waals surface area (Å²) in [6.07, 6.45) is 7.74. The van der Waals surface area contributed by atoms with E-state index in [1.165, 1.54) is 37.3 Å². The number of rotatable bonds is 12. The van der Waals surface area contributed by atoms with Crippen LogP contribution < -0.4 is 10.6 Å². The second-order valence-corrected chi connectivity index (χ2v) is 13.8. The van der Waals surface area contributed by atoms with Gasteiger partial charge in [0.25, 0.3) is 0 Å². The minimum absolute atomic E-state index is 0.0294. The number of nitrogens with zero attached hydrogens (tertiary/aromatic N) is 3. The number of nitrogens with one attached hydrogen (secondary N) is 2. The number of aliphatic hydroxyl groups excluding tert-OH is 1. The Morgan fingerprint density at radius 3 is 2.04 bits per heavy atom. The first-order chi connectivity index (χ1) is 22.2. The van der Waals surface area contributed by atoms with Crippen molar-refractivity contribution in [3.63, 3.8) is 0 Å². The van der Waals surface area contributed by atoms with Crippen molar-refractivity contribution in [3.05, 3.63) is 47.5 Å². The Labute approximate surface area is 284 Å². The molecule has 2 aliphatic heterocycles. The molecule has 10 nitrogen and oxygen atoms in total.